The smallest absolute Gasteiger partial charge is 0.271 e. The Balaban J connectivity index is 1.51. The van der Waals surface area contributed by atoms with E-state index < -0.39 is 0 Å². The van der Waals surface area contributed by atoms with Gasteiger partial charge in [-0.2, -0.15) is 5.10 Å². The number of hydrazone groups is 1. The van der Waals surface area contributed by atoms with E-state index in [-0.39, 0.29) is 5.91 Å². The summed E-state index contributed by atoms with van der Waals surface area (Å²) >= 11 is 0. The molecule has 0 radical (unpaired) electrons. The summed E-state index contributed by atoms with van der Waals surface area (Å²) in [6.07, 6.45) is 1.62. The van der Waals surface area contributed by atoms with Crippen molar-refractivity contribution in [2.75, 3.05) is 7.11 Å². The molecule has 0 aliphatic carbocycles. The number of carbonyl (C=O) groups is 1. The molecular weight excluding hydrogens is 360 g/mol. The van der Waals surface area contributed by atoms with Gasteiger partial charge in [-0.1, -0.05) is 72.8 Å². The normalized spacial score (nSPS) is 10.9. The lowest BCUT2D eigenvalue weighted by Gasteiger charge is -2.08. The van der Waals surface area contributed by atoms with Gasteiger partial charge in [-0.25, -0.2) is 5.43 Å². The number of ether oxygens (including phenoxy) is 1. The molecule has 4 rings (SSSR count). The molecule has 0 fully saturated rings. The summed E-state index contributed by atoms with van der Waals surface area (Å²) in [6, 6.07) is 29.4. The first-order chi connectivity index (χ1) is 14.3. The fourth-order valence-corrected chi connectivity index (χ4v) is 3.25. The van der Waals surface area contributed by atoms with Gasteiger partial charge < -0.3 is 4.74 Å². The van der Waals surface area contributed by atoms with Crippen molar-refractivity contribution in [3.8, 4) is 16.9 Å². The number of nitrogens with zero attached hydrogens (tertiary/aromatic N) is 1. The molecule has 1 N–H and O–H groups in total. The Labute approximate surface area is 169 Å². The Morgan fingerprint density at radius 2 is 1.52 bits per heavy atom. The van der Waals surface area contributed by atoms with E-state index in [1.54, 1.807) is 25.5 Å². The SMILES string of the molecule is COc1ccc2ccccc2c1/C=N\NC(=O)c1ccc(-c2ccccc2)cc1. The van der Waals surface area contributed by atoms with Crippen molar-refractivity contribution in [1.82, 2.24) is 5.43 Å². The summed E-state index contributed by atoms with van der Waals surface area (Å²) < 4.78 is 5.45. The van der Waals surface area contributed by atoms with E-state index in [9.17, 15) is 4.79 Å². The Morgan fingerprint density at radius 1 is 0.828 bits per heavy atom. The van der Waals surface area contributed by atoms with Gasteiger partial charge in [0.15, 0.2) is 0 Å². The maximum absolute atomic E-state index is 12.4. The zero-order valence-electron chi connectivity index (χ0n) is 16.0. The van der Waals surface area contributed by atoms with Crippen LogP contribution >= 0.6 is 0 Å². The third kappa shape index (κ3) is 4.01. The fourth-order valence-electron chi connectivity index (χ4n) is 3.25. The van der Waals surface area contributed by atoms with Crippen LogP contribution < -0.4 is 10.2 Å². The molecule has 0 bridgehead atoms. The number of carbonyl (C=O) groups excluding carboxylic acids is 1. The molecule has 0 aliphatic heterocycles. The molecule has 0 saturated heterocycles. The Morgan fingerprint density at radius 3 is 2.28 bits per heavy atom. The lowest BCUT2D eigenvalue weighted by Crippen LogP contribution is -2.17. The van der Waals surface area contributed by atoms with Gasteiger partial charge in [0, 0.05) is 11.1 Å². The van der Waals surface area contributed by atoms with Crippen molar-refractivity contribution in [1.29, 1.82) is 0 Å². The van der Waals surface area contributed by atoms with Crippen LogP contribution in [0.5, 0.6) is 5.75 Å². The highest BCUT2D eigenvalue weighted by atomic mass is 16.5. The average molecular weight is 380 g/mol. The Hall–Kier alpha value is -3.92. The van der Waals surface area contributed by atoms with Gasteiger partial charge in [-0.15, -0.1) is 0 Å². The van der Waals surface area contributed by atoms with Gasteiger partial charge in [0.25, 0.3) is 5.91 Å². The molecule has 0 atom stereocenters. The highest BCUT2D eigenvalue weighted by molar-refractivity contribution is 6.03. The molecule has 0 aliphatic rings. The molecule has 0 spiro atoms. The highest BCUT2D eigenvalue weighted by Gasteiger charge is 2.07. The molecule has 29 heavy (non-hydrogen) atoms. The van der Waals surface area contributed by atoms with Crippen LogP contribution in [-0.2, 0) is 0 Å². The minimum Gasteiger partial charge on any atom is -0.496 e. The van der Waals surface area contributed by atoms with Crippen molar-refractivity contribution < 1.29 is 9.53 Å². The second-order valence-corrected chi connectivity index (χ2v) is 6.55. The van der Waals surface area contributed by atoms with E-state index in [4.69, 9.17) is 4.74 Å². The fraction of sp³-hybridized carbons (Fsp3) is 0.0400. The summed E-state index contributed by atoms with van der Waals surface area (Å²) in [5.41, 5.74) is 6.14. The first-order valence-electron chi connectivity index (χ1n) is 9.31. The standard InChI is InChI=1S/C25H20N2O2/c1-29-24-16-15-20-9-5-6-10-22(20)23(24)17-26-27-25(28)21-13-11-19(12-14-21)18-7-3-2-4-8-18/h2-17H,1H3,(H,27,28)/b26-17-. The first-order valence-corrected chi connectivity index (χ1v) is 9.31. The van der Waals surface area contributed by atoms with Crippen LogP contribution in [-0.4, -0.2) is 19.2 Å². The summed E-state index contributed by atoms with van der Waals surface area (Å²) in [5.74, 6) is 0.439. The van der Waals surface area contributed by atoms with E-state index in [1.807, 2.05) is 78.9 Å². The highest BCUT2D eigenvalue weighted by Crippen LogP contribution is 2.26. The molecule has 4 aromatic rings. The molecule has 0 heterocycles. The monoisotopic (exact) mass is 380 g/mol. The quantitative estimate of drug-likeness (QED) is 0.378. The molecule has 4 aromatic carbocycles. The minimum atomic E-state index is -0.264. The van der Waals surface area contributed by atoms with Gasteiger partial charge in [0.2, 0.25) is 0 Å². The largest absolute Gasteiger partial charge is 0.496 e. The van der Waals surface area contributed by atoms with E-state index in [2.05, 4.69) is 10.5 Å². The lowest BCUT2D eigenvalue weighted by molar-refractivity contribution is 0.0955. The van der Waals surface area contributed by atoms with E-state index >= 15 is 0 Å². The van der Waals surface area contributed by atoms with Crippen molar-refractivity contribution in [2.45, 2.75) is 0 Å². The predicted octanol–water partition coefficient (Wildman–Crippen LogP) is 5.28. The second kappa shape index (κ2) is 8.40. The number of nitrogens with one attached hydrogen (secondary N) is 1. The number of hydrogen-bond acceptors (Lipinski definition) is 3. The van der Waals surface area contributed by atoms with Crippen LogP contribution in [0.2, 0.25) is 0 Å². The molecular formula is C25H20N2O2. The molecule has 0 aromatic heterocycles. The van der Waals surface area contributed by atoms with Crippen molar-refractivity contribution in [2.24, 2.45) is 5.10 Å². The van der Waals surface area contributed by atoms with Crippen molar-refractivity contribution in [3.63, 3.8) is 0 Å². The van der Waals surface area contributed by atoms with Gasteiger partial charge in [-0.05, 0) is 40.1 Å². The molecule has 1 amide bonds. The van der Waals surface area contributed by atoms with Crippen LogP contribution in [0.3, 0.4) is 0 Å². The maximum Gasteiger partial charge on any atom is 0.271 e. The maximum atomic E-state index is 12.4. The number of amides is 1. The van der Waals surface area contributed by atoms with E-state index in [0.717, 1.165) is 27.5 Å². The number of hydrogen-bond donors (Lipinski definition) is 1. The number of fused-ring (bicyclic) bond motifs is 1. The predicted molar refractivity (Wildman–Crippen MR) is 117 cm³/mol. The van der Waals surface area contributed by atoms with Crippen LogP contribution in [0.1, 0.15) is 15.9 Å². The third-order valence-corrected chi connectivity index (χ3v) is 4.76. The van der Waals surface area contributed by atoms with E-state index in [0.29, 0.717) is 11.3 Å². The molecule has 0 saturated carbocycles. The Kier molecular flexibility index (Phi) is 5.34. The summed E-state index contributed by atoms with van der Waals surface area (Å²) in [6.45, 7) is 0. The van der Waals surface area contributed by atoms with Gasteiger partial charge in [0.1, 0.15) is 5.75 Å². The second-order valence-electron chi connectivity index (χ2n) is 6.55. The van der Waals surface area contributed by atoms with Gasteiger partial charge >= 0.3 is 0 Å². The number of rotatable bonds is 5. The molecule has 142 valence electrons. The molecule has 4 nitrogen and oxygen atoms in total. The summed E-state index contributed by atoms with van der Waals surface area (Å²) in [5, 5.41) is 6.24. The zero-order valence-corrected chi connectivity index (χ0v) is 16.0. The number of methoxy groups -OCH3 is 1. The third-order valence-electron chi connectivity index (χ3n) is 4.76. The lowest BCUT2D eigenvalue weighted by atomic mass is 10.0. The van der Waals surface area contributed by atoms with Crippen LogP contribution in [0.4, 0.5) is 0 Å². The topological polar surface area (TPSA) is 50.7 Å². The van der Waals surface area contributed by atoms with Crippen LogP contribution in [0.15, 0.2) is 96.1 Å². The summed E-state index contributed by atoms with van der Waals surface area (Å²) in [7, 11) is 1.62. The van der Waals surface area contributed by atoms with Gasteiger partial charge in [-0.3, -0.25) is 4.79 Å². The molecule has 0 unspecified atom stereocenters. The van der Waals surface area contributed by atoms with Crippen LogP contribution in [0.25, 0.3) is 21.9 Å². The van der Waals surface area contributed by atoms with E-state index in [1.165, 1.54) is 0 Å². The average Bonchev–Trinajstić information content (AvgIpc) is 2.79. The zero-order chi connectivity index (χ0) is 20.1. The van der Waals surface area contributed by atoms with Crippen molar-refractivity contribution in [3.05, 3.63) is 102 Å². The summed E-state index contributed by atoms with van der Waals surface area (Å²) in [4.78, 5) is 12.4. The molecule has 4 heteroatoms. The minimum absolute atomic E-state index is 0.264. The van der Waals surface area contributed by atoms with Crippen molar-refractivity contribution >= 4 is 22.9 Å². The van der Waals surface area contributed by atoms with Gasteiger partial charge in [0.05, 0.1) is 13.3 Å². The number of benzene rings is 4. The first kappa shape index (κ1) is 18.4. The van der Waals surface area contributed by atoms with Crippen LogP contribution in [0, 0.1) is 0 Å². The Bertz CT molecular complexity index is 1170.